The number of hydrogen-bond donors (Lipinski definition) is 1. The Morgan fingerprint density at radius 1 is 1.35 bits per heavy atom. The van der Waals surface area contributed by atoms with Gasteiger partial charge in [-0.2, -0.15) is 0 Å². The molecule has 0 saturated carbocycles. The quantitative estimate of drug-likeness (QED) is 0.678. The third-order valence-electron chi connectivity index (χ3n) is 2.35. The lowest BCUT2D eigenvalue weighted by atomic mass is 10.2. The zero-order chi connectivity index (χ0) is 14.7. The molecule has 2 aromatic rings. The molecule has 0 fully saturated rings. The minimum Gasteiger partial charge on any atom is -0.478 e. The Morgan fingerprint density at radius 3 is 2.75 bits per heavy atom. The molecule has 0 unspecified atom stereocenters. The zero-order valence-electron chi connectivity index (χ0n) is 9.82. The highest BCUT2D eigenvalue weighted by atomic mass is 79.9. The van der Waals surface area contributed by atoms with E-state index in [1.54, 1.807) is 6.07 Å². The van der Waals surface area contributed by atoms with E-state index in [0.717, 1.165) is 6.20 Å². The summed E-state index contributed by atoms with van der Waals surface area (Å²) in [5.41, 5.74) is -0.447. The second-order valence-electron chi connectivity index (χ2n) is 3.65. The topological polar surface area (TPSA) is 103 Å². The van der Waals surface area contributed by atoms with Crippen molar-refractivity contribution in [2.45, 2.75) is 0 Å². The lowest BCUT2D eigenvalue weighted by molar-refractivity contribution is -0.386. The summed E-state index contributed by atoms with van der Waals surface area (Å²) in [6.45, 7) is 0. The number of nitro groups is 1. The van der Waals surface area contributed by atoms with Gasteiger partial charge in [0.1, 0.15) is 17.5 Å². The number of aromatic nitrogens is 1. The lowest BCUT2D eigenvalue weighted by Gasteiger charge is -2.09. The average molecular weight is 339 g/mol. The van der Waals surface area contributed by atoms with E-state index in [0.29, 0.717) is 4.47 Å². The fourth-order valence-electron chi connectivity index (χ4n) is 1.47. The summed E-state index contributed by atoms with van der Waals surface area (Å²) in [5.74, 6) is -1.26. The predicted molar refractivity (Wildman–Crippen MR) is 72.1 cm³/mol. The summed E-state index contributed by atoms with van der Waals surface area (Å²) in [6, 6.07) is 5.64. The first-order valence-corrected chi connectivity index (χ1v) is 6.07. The van der Waals surface area contributed by atoms with Crippen LogP contribution >= 0.6 is 15.9 Å². The van der Waals surface area contributed by atoms with E-state index in [4.69, 9.17) is 9.84 Å². The van der Waals surface area contributed by atoms with E-state index >= 15 is 0 Å². The van der Waals surface area contributed by atoms with Crippen molar-refractivity contribution in [3.63, 3.8) is 0 Å². The molecule has 0 saturated heterocycles. The number of carbonyl (C=O) groups is 1. The minimum atomic E-state index is -1.20. The number of benzene rings is 1. The monoisotopic (exact) mass is 338 g/mol. The highest BCUT2D eigenvalue weighted by Gasteiger charge is 2.19. The Morgan fingerprint density at radius 2 is 2.10 bits per heavy atom. The smallest absolute Gasteiger partial charge is 0.339 e. The van der Waals surface area contributed by atoms with Crippen molar-refractivity contribution in [3.05, 3.63) is 56.8 Å². The molecule has 20 heavy (non-hydrogen) atoms. The van der Waals surface area contributed by atoms with Gasteiger partial charge in [-0.05, 0) is 18.2 Å². The average Bonchev–Trinajstić information content (AvgIpc) is 2.41. The molecule has 0 amide bonds. The van der Waals surface area contributed by atoms with Crippen LogP contribution in [0.4, 0.5) is 5.69 Å². The number of nitrogens with zero attached hydrogens (tertiary/aromatic N) is 2. The number of rotatable bonds is 4. The van der Waals surface area contributed by atoms with Crippen LogP contribution in [0.25, 0.3) is 0 Å². The molecule has 1 aromatic heterocycles. The molecule has 102 valence electrons. The minimum absolute atomic E-state index is 0.00926. The maximum atomic E-state index is 11.1. The zero-order valence-corrected chi connectivity index (χ0v) is 11.4. The van der Waals surface area contributed by atoms with Crippen molar-refractivity contribution in [1.29, 1.82) is 0 Å². The first-order valence-electron chi connectivity index (χ1n) is 5.28. The molecule has 7 nitrogen and oxygen atoms in total. The maximum Gasteiger partial charge on any atom is 0.339 e. The van der Waals surface area contributed by atoms with Crippen LogP contribution in [0.5, 0.6) is 11.5 Å². The first kappa shape index (κ1) is 13.9. The van der Waals surface area contributed by atoms with E-state index in [-0.39, 0.29) is 22.7 Å². The molecular formula is C12H7BrN2O5. The fraction of sp³-hybridized carbons (Fsp3) is 0. The van der Waals surface area contributed by atoms with Gasteiger partial charge in [-0.25, -0.2) is 4.79 Å². The second kappa shape index (κ2) is 5.66. The van der Waals surface area contributed by atoms with Gasteiger partial charge >= 0.3 is 11.7 Å². The number of aromatic carboxylic acids is 1. The Hall–Kier alpha value is -2.48. The Balaban J connectivity index is 2.45. The first-order chi connectivity index (χ1) is 9.49. The van der Waals surface area contributed by atoms with E-state index in [9.17, 15) is 14.9 Å². The Kier molecular flexibility index (Phi) is 3.94. The van der Waals surface area contributed by atoms with Crippen LogP contribution in [0.15, 0.2) is 41.1 Å². The van der Waals surface area contributed by atoms with E-state index in [2.05, 4.69) is 20.9 Å². The van der Waals surface area contributed by atoms with Crippen LogP contribution in [0.1, 0.15) is 10.4 Å². The summed E-state index contributed by atoms with van der Waals surface area (Å²) in [5, 5.41) is 19.9. The van der Waals surface area contributed by atoms with Crippen LogP contribution in [0.3, 0.4) is 0 Å². The Bertz CT molecular complexity index is 689. The van der Waals surface area contributed by atoms with E-state index < -0.39 is 10.9 Å². The lowest BCUT2D eigenvalue weighted by Crippen LogP contribution is -2.01. The van der Waals surface area contributed by atoms with Crippen molar-refractivity contribution < 1.29 is 19.6 Å². The third-order valence-corrected chi connectivity index (χ3v) is 2.84. The standard InChI is InChI=1S/C12H7BrN2O5/c13-7-1-2-10(8(5-7)12(16)17)20-11-3-4-14-6-9(11)15(18)19/h1-6H,(H,16,17). The van der Waals surface area contributed by atoms with E-state index in [1.165, 1.54) is 24.4 Å². The molecule has 1 N–H and O–H groups in total. The highest BCUT2D eigenvalue weighted by molar-refractivity contribution is 9.10. The largest absolute Gasteiger partial charge is 0.478 e. The predicted octanol–water partition coefficient (Wildman–Crippen LogP) is 3.24. The molecule has 0 bridgehead atoms. The molecule has 0 atom stereocenters. The van der Waals surface area contributed by atoms with Crippen molar-refractivity contribution >= 4 is 27.6 Å². The van der Waals surface area contributed by atoms with Crippen LogP contribution in [-0.4, -0.2) is 21.0 Å². The van der Waals surface area contributed by atoms with Crippen molar-refractivity contribution in [2.75, 3.05) is 0 Å². The SMILES string of the molecule is O=C(O)c1cc(Br)ccc1Oc1ccncc1[N+](=O)[O-]. The third kappa shape index (κ3) is 2.91. The van der Waals surface area contributed by atoms with Crippen LogP contribution < -0.4 is 4.74 Å². The number of carboxylic acids is 1. The van der Waals surface area contributed by atoms with Crippen LogP contribution in [0, 0.1) is 10.1 Å². The number of ether oxygens (including phenoxy) is 1. The Labute approximate surface area is 121 Å². The molecule has 0 aliphatic rings. The summed E-state index contributed by atoms with van der Waals surface area (Å²) >= 11 is 3.15. The van der Waals surface area contributed by atoms with Crippen LogP contribution in [0.2, 0.25) is 0 Å². The van der Waals surface area contributed by atoms with Crippen molar-refractivity contribution in [3.8, 4) is 11.5 Å². The number of pyridine rings is 1. The molecule has 0 spiro atoms. The van der Waals surface area contributed by atoms with Gasteiger partial charge in [0.2, 0.25) is 5.75 Å². The highest BCUT2D eigenvalue weighted by Crippen LogP contribution is 2.33. The van der Waals surface area contributed by atoms with Gasteiger partial charge in [-0.1, -0.05) is 15.9 Å². The van der Waals surface area contributed by atoms with Gasteiger partial charge in [0.25, 0.3) is 0 Å². The normalized spacial score (nSPS) is 10.1. The van der Waals surface area contributed by atoms with Crippen molar-refractivity contribution in [2.24, 2.45) is 0 Å². The molecule has 0 radical (unpaired) electrons. The van der Waals surface area contributed by atoms with Crippen molar-refractivity contribution in [1.82, 2.24) is 4.98 Å². The number of halogens is 1. The second-order valence-corrected chi connectivity index (χ2v) is 4.56. The molecule has 0 aliphatic carbocycles. The van der Waals surface area contributed by atoms with Gasteiger partial charge < -0.3 is 9.84 Å². The fourth-order valence-corrected chi connectivity index (χ4v) is 1.83. The van der Waals surface area contributed by atoms with Crippen LogP contribution in [-0.2, 0) is 0 Å². The summed E-state index contributed by atoms with van der Waals surface area (Å²) < 4.78 is 5.90. The summed E-state index contributed by atoms with van der Waals surface area (Å²) in [6.07, 6.45) is 2.36. The molecule has 8 heteroatoms. The van der Waals surface area contributed by atoms with E-state index in [1.807, 2.05) is 0 Å². The molecular weight excluding hydrogens is 332 g/mol. The maximum absolute atomic E-state index is 11.1. The van der Waals surface area contributed by atoms with Gasteiger partial charge in [0, 0.05) is 16.7 Å². The number of carboxylic acid groups (broad SMARTS) is 1. The molecule has 0 aliphatic heterocycles. The summed E-state index contributed by atoms with van der Waals surface area (Å²) in [4.78, 5) is 25.0. The van der Waals surface area contributed by atoms with Gasteiger partial charge in [0.05, 0.1) is 4.92 Å². The molecule has 1 aromatic carbocycles. The van der Waals surface area contributed by atoms with Gasteiger partial charge in [0.15, 0.2) is 0 Å². The summed E-state index contributed by atoms with van der Waals surface area (Å²) in [7, 11) is 0. The molecule has 1 heterocycles. The van der Waals surface area contributed by atoms with Gasteiger partial charge in [-0.15, -0.1) is 0 Å². The van der Waals surface area contributed by atoms with Gasteiger partial charge in [-0.3, -0.25) is 15.1 Å². The number of hydrogen-bond acceptors (Lipinski definition) is 5. The molecule has 2 rings (SSSR count).